The third-order valence-corrected chi connectivity index (χ3v) is 5.12. The van der Waals surface area contributed by atoms with Gasteiger partial charge in [-0.05, 0) is 37.3 Å². The molecule has 6 nitrogen and oxygen atoms in total. The number of piperazine rings is 1. The molecule has 0 spiro atoms. The van der Waals surface area contributed by atoms with Crippen LogP contribution < -0.4 is 9.64 Å². The highest BCUT2D eigenvalue weighted by Crippen LogP contribution is 2.28. The number of aromatic nitrogens is 2. The maximum Gasteiger partial charge on any atom is 0.272 e. The van der Waals surface area contributed by atoms with Gasteiger partial charge in [0, 0.05) is 26.2 Å². The minimum atomic E-state index is -0.411. The SMILES string of the molecule is COc1ccccc1N1CCN(C(=O)c2cc(C)nn2-c2ccccc2F)CC1. The number of carbonyl (C=O) groups is 1. The Morgan fingerprint density at radius 2 is 1.66 bits per heavy atom. The highest BCUT2D eigenvalue weighted by molar-refractivity contribution is 5.93. The van der Waals surface area contributed by atoms with Crippen molar-refractivity contribution in [2.45, 2.75) is 6.92 Å². The van der Waals surface area contributed by atoms with Gasteiger partial charge in [0.05, 0.1) is 18.5 Å². The summed E-state index contributed by atoms with van der Waals surface area (Å²) < 4.78 is 21.1. The van der Waals surface area contributed by atoms with E-state index >= 15 is 0 Å². The van der Waals surface area contributed by atoms with Gasteiger partial charge in [-0.15, -0.1) is 0 Å². The van der Waals surface area contributed by atoms with E-state index in [0.29, 0.717) is 37.6 Å². The predicted octanol–water partition coefficient (Wildman–Crippen LogP) is 3.29. The third-order valence-electron chi connectivity index (χ3n) is 5.12. The molecule has 0 bridgehead atoms. The average Bonchev–Trinajstić information content (AvgIpc) is 3.15. The van der Waals surface area contributed by atoms with Crippen LogP contribution in [-0.4, -0.2) is 53.9 Å². The van der Waals surface area contributed by atoms with Gasteiger partial charge >= 0.3 is 0 Å². The zero-order valence-corrected chi connectivity index (χ0v) is 16.5. The summed E-state index contributed by atoms with van der Waals surface area (Å²) in [4.78, 5) is 17.2. The minimum Gasteiger partial charge on any atom is -0.495 e. The van der Waals surface area contributed by atoms with Gasteiger partial charge in [-0.1, -0.05) is 24.3 Å². The number of ether oxygens (including phenoxy) is 1. The van der Waals surface area contributed by atoms with Gasteiger partial charge < -0.3 is 14.5 Å². The van der Waals surface area contributed by atoms with Crippen LogP contribution in [0.5, 0.6) is 5.75 Å². The molecule has 1 aliphatic heterocycles. The summed E-state index contributed by atoms with van der Waals surface area (Å²) in [6, 6.07) is 15.9. The predicted molar refractivity (Wildman–Crippen MR) is 109 cm³/mol. The van der Waals surface area contributed by atoms with Gasteiger partial charge in [0.2, 0.25) is 0 Å². The molecule has 29 heavy (non-hydrogen) atoms. The monoisotopic (exact) mass is 394 g/mol. The van der Waals surface area contributed by atoms with Crippen LogP contribution in [0.3, 0.4) is 0 Å². The lowest BCUT2D eigenvalue weighted by molar-refractivity contribution is 0.0737. The maximum absolute atomic E-state index is 14.3. The molecule has 2 heterocycles. The lowest BCUT2D eigenvalue weighted by atomic mass is 10.2. The Morgan fingerprint density at radius 1 is 1.00 bits per heavy atom. The lowest BCUT2D eigenvalue weighted by Crippen LogP contribution is -2.49. The maximum atomic E-state index is 14.3. The van der Waals surface area contributed by atoms with E-state index < -0.39 is 5.82 Å². The molecule has 0 radical (unpaired) electrons. The number of nitrogens with zero attached hydrogens (tertiary/aromatic N) is 4. The summed E-state index contributed by atoms with van der Waals surface area (Å²) in [5.74, 6) is 0.264. The van der Waals surface area contributed by atoms with Crippen LogP contribution in [0.4, 0.5) is 10.1 Å². The molecule has 150 valence electrons. The molecule has 0 aliphatic carbocycles. The summed E-state index contributed by atoms with van der Waals surface area (Å²) in [5.41, 5.74) is 2.34. The van der Waals surface area contributed by atoms with Crippen molar-refractivity contribution in [2.75, 3.05) is 38.2 Å². The quantitative estimate of drug-likeness (QED) is 0.681. The fourth-order valence-corrected chi connectivity index (χ4v) is 3.66. The van der Waals surface area contributed by atoms with Gasteiger partial charge in [-0.2, -0.15) is 5.10 Å². The zero-order valence-electron chi connectivity index (χ0n) is 16.5. The van der Waals surface area contributed by atoms with Crippen molar-refractivity contribution in [3.05, 3.63) is 71.8 Å². The molecule has 0 N–H and O–H groups in total. The van der Waals surface area contributed by atoms with Crippen LogP contribution >= 0.6 is 0 Å². The third kappa shape index (κ3) is 3.68. The number of hydrogen-bond acceptors (Lipinski definition) is 4. The number of amides is 1. The molecule has 3 aromatic rings. The van der Waals surface area contributed by atoms with E-state index in [1.165, 1.54) is 10.7 Å². The van der Waals surface area contributed by atoms with Crippen LogP contribution in [0, 0.1) is 12.7 Å². The normalized spacial score (nSPS) is 14.2. The van der Waals surface area contributed by atoms with Gasteiger partial charge in [-0.25, -0.2) is 9.07 Å². The van der Waals surface area contributed by atoms with Gasteiger partial charge in [0.25, 0.3) is 5.91 Å². The Labute approximate surface area is 169 Å². The van der Waals surface area contributed by atoms with Crippen molar-refractivity contribution >= 4 is 11.6 Å². The van der Waals surface area contributed by atoms with Crippen molar-refractivity contribution in [1.82, 2.24) is 14.7 Å². The van der Waals surface area contributed by atoms with Gasteiger partial charge in [-0.3, -0.25) is 4.79 Å². The first-order valence-corrected chi connectivity index (χ1v) is 9.57. The fourth-order valence-electron chi connectivity index (χ4n) is 3.66. The van der Waals surface area contributed by atoms with Crippen molar-refractivity contribution in [1.29, 1.82) is 0 Å². The Balaban J connectivity index is 1.53. The van der Waals surface area contributed by atoms with E-state index in [2.05, 4.69) is 10.00 Å². The van der Waals surface area contributed by atoms with Crippen molar-refractivity contribution < 1.29 is 13.9 Å². The van der Waals surface area contributed by atoms with E-state index in [0.717, 1.165) is 11.4 Å². The van der Waals surface area contributed by atoms with Crippen LogP contribution in [0.25, 0.3) is 5.69 Å². The molecule has 1 saturated heterocycles. The highest BCUT2D eigenvalue weighted by Gasteiger charge is 2.27. The lowest BCUT2D eigenvalue weighted by Gasteiger charge is -2.36. The summed E-state index contributed by atoms with van der Waals surface area (Å²) in [7, 11) is 1.66. The molecule has 1 aromatic heterocycles. The first-order valence-electron chi connectivity index (χ1n) is 9.57. The van der Waals surface area contributed by atoms with E-state index in [-0.39, 0.29) is 11.6 Å². The molecule has 0 atom stereocenters. The molecule has 0 unspecified atom stereocenters. The topological polar surface area (TPSA) is 50.6 Å². The molecule has 7 heteroatoms. The molecule has 1 amide bonds. The van der Waals surface area contributed by atoms with Crippen LogP contribution in [0.1, 0.15) is 16.2 Å². The number of halogens is 1. The largest absolute Gasteiger partial charge is 0.495 e. The second-order valence-corrected chi connectivity index (χ2v) is 6.99. The Morgan fingerprint density at radius 3 is 2.34 bits per heavy atom. The summed E-state index contributed by atoms with van der Waals surface area (Å²) >= 11 is 0. The second kappa shape index (κ2) is 7.95. The number of anilines is 1. The van der Waals surface area contributed by atoms with E-state index in [1.807, 2.05) is 24.3 Å². The number of hydrogen-bond donors (Lipinski definition) is 0. The molecule has 1 aliphatic rings. The van der Waals surface area contributed by atoms with Gasteiger partial charge in [0.15, 0.2) is 0 Å². The van der Waals surface area contributed by atoms with Gasteiger partial charge in [0.1, 0.15) is 22.9 Å². The number of carbonyl (C=O) groups excluding carboxylic acids is 1. The average molecular weight is 394 g/mol. The van der Waals surface area contributed by atoms with E-state index in [4.69, 9.17) is 4.74 Å². The Kier molecular flexibility index (Phi) is 5.20. The molecule has 4 rings (SSSR count). The van der Waals surface area contributed by atoms with Crippen LogP contribution in [0.15, 0.2) is 54.6 Å². The summed E-state index contributed by atoms with van der Waals surface area (Å²) in [5, 5.41) is 4.35. The van der Waals surface area contributed by atoms with Crippen LogP contribution in [-0.2, 0) is 0 Å². The van der Waals surface area contributed by atoms with Crippen molar-refractivity contribution in [3.8, 4) is 11.4 Å². The smallest absolute Gasteiger partial charge is 0.272 e. The molecule has 2 aromatic carbocycles. The Bertz CT molecular complexity index is 1030. The molecule has 0 saturated carbocycles. The van der Waals surface area contributed by atoms with Crippen LogP contribution in [0.2, 0.25) is 0 Å². The molecular formula is C22H23FN4O2. The highest BCUT2D eigenvalue weighted by atomic mass is 19.1. The fraction of sp³-hybridized carbons (Fsp3) is 0.273. The molecule has 1 fully saturated rings. The summed E-state index contributed by atoms with van der Waals surface area (Å²) in [6.45, 7) is 4.32. The Hall–Kier alpha value is -3.35. The van der Waals surface area contributed by atoms with Crippen molar-refractivity contribution in [3.63, 3.8) is 0 Å². The van der Waals surface area contributed by atoms with Crippen molar-refractivity contribution in [2.24, 2.45) is 0 Å². The van der Waals surface area contributed by atoms with E-state index in [1.54, 1.807) is 43.2 Å². The first-order chi connectivity index (χ1) is 14.1. The number of benzene rings is 2. The number of para-hydroxylation sites is 3. The number of rotatable bonds is 4. The number of aryl methyl sites for hydroxylation is 1. The number of methoxy groups -OCH3 is 1. The molecular weight excluding hydrogens is 371 g/mol. The second-order valence-electron chi connectivity index (χ2n) is 6.99. The minimum absolute atomic E-state index is 0.145. The summed E-state index contributed by atoms with van der Waals surface area (Å²) in [6.07, 6.45) is 0. The standard InChI is InChI=1S/C22H23FN4O2/c1-16-15-20(27(24-16)18-8-4-3-7-17(18)23)22(28)26-13-11-25(12-14-26)19-9-5-6-10-21(19)29-2/h3-10,15H,11-14H2,1-2H3. The first kappa shape index (κ1) is 19.0. The van der Waals surface area contributed by atoms with E-state index in [9.17, 15) is 9.18 Å². The zero-order chi connectivity index (χ0) is 20.4.